The van der Waals surface area contributed by atoms with E-state index in [-0.39, 0.29) is 23.5 Å². The SMILES string of the molecule is CC(C)CC(=O)O.CCC(C(=O)Cl)c1ccc(Cl)cc1. The molecule has 1 N–H and O–H groups in total. The first kappa shape index (κ1) is 18.9. The summed E-state index contributed by atoms with van der Waals surface area (Å²) in [6.45, 7) is 5.70. The van der Waals surface area contributed by atoms with E-state index in [1.807, 2.05) is 32.9 Å². The third kappa shape index (κ3) is 8.18. The van der Waals surface area contributed by atoms with Crippen LogP contribution < -0.4 is 0 Å². The summed E-state index contributed by atoms with van der Waals surface area (Å²) in [5.74, 6) is -0.647. The van der Waals surface area contributed by atoms with Crippen molar-refractivity contribution >= 4 is 34.4 Å². The van der Waals surface area contributed by atoms with Gasteiger partial charge in [-0.3, -0.25) is 9.59 Å². The van der Waals surface area contributed by atoms with E-state index in [0.717, 1.165) is 5.56 Å². The molecular weight excluding hydrogens is 299 g/mol. The molecule has 0 saturated carbocycles. The molecule has 0 aliphatic carbocycles. The highest BCUT2D eigenvalue weighted by Gasteiger charge is 2.15. The van der Waals surface area contributed by atoms with Gasteiger partial charge < -0.3 is 5.11 Å². The van der Waals surface area contributed by atoms with Crippen molar-refractivity contribution in [2.75, 3.05) is 0 Å². The van der Waals surface area contributed by atoms with Crippen LogP contribution in [0.3, 0.4) is 0 Å². The Bertz CT molecular complexity index is 427. The molecule has 1 aromatic carbocycles. The third-order valence-corrected chi connectivity index (χ3v) is 3.05. The van der Waals surface area contributed by atoms with E-state index in [4.69, 9.17) is 28.3 Å². The topological polar surface area (TPSA) is 54.4 Å². The van der Waals surface area contributed by atoms with Crippen molar-refractivity contribution in [3.05, 3.63) is 34.9 Å². The molecule has 0 fully saturated rings. The lowest BCUT2D eigenvalue weighted by Gasteiger charge is -2.09. The highest BCUT2D eigenvalue weighted by atomic mass is 35.5. The summed E-state index contributed by atoms with van der Waals surface area (Å²) in [6, 6.07) is 7.19. The molecule has 5 heteroatoms. The molecule has 0 heterocycles. The number of carbonyl (C=O) groups is 2. The Morgan fingerprint density at radius 2 is 1.70 bits per heavy atom. The van der Waals surface area contributed by atoms with Gasteiger partial charge in [-0.05, 0) is 41.6 Å². The molecule has 1 rings (SSSR count). The second kappa shape index (κ2) is 9.78. The van der Waals surface area contributed by atoms with E-state index < -0.39 is 5.97 Å². The molecule has 0 saturated heterocycles. The van der Waals surface area contributed by atoms with E-state index in [0.29, 0.717) is 11.4 Å². The Morgan fingerprint density at radius 1 is 1.20 bits per heavy atom. The maximum atomic E-state index is 11.0. The van der Waals surface area contributed by atoms with Crippen LogP contribution in [0.1, 0.15) is 45.1 Å². The van der Waals surface area contributed by atoms with Crippen molar-refractivity contribution in [2.45, 2.75) is 39.5 Å². The summed E-state index contributed by atoms with van der Waals surface area (Å²) in [7, 11) is 0. The van der Waals surface area contributed by atoms with Gasteiger partial charge in [-0.25, -0.2) is 0 Å². The molecule has 3 nitrogen and oxygen atoms in total. The first-order chi connectivity index (χ1) is 9.27. The Morgan fingerprint density at radius 3 is 1.95 bits per heavy atom. The van der Waals surface area contributed by atoms with Crippen LogP contribution in [0.5, 0.6) is 0 Å². The first-order valence-electron chi connectivity index (χ1n) is 6.44. The number of carboxylic acid groups (broad SMARTS) is 1. The van der Waals surface area contributed by atoms with Gasteiger partial charge in [0, 0.05) is 11.4 Å². The van der Waals surface area contributed by atoms with E-state index in [1.165, 1.54) is 0 Å². The largest absolute Gasteiger partial charge is 0.481 e. The van der Waals surface area contributed by atoms with Gasteiger partial charge in [-0.1, -0.05) is 44.5 Å². The average molecular weight is 319 g/mol. The Kier molecular flexibility index (Phi) is 9.26. The van der Waals surface area contributed by atoms with Crippen LogP contribution in [0.2, 0.25) is 5.02 Å². The summed E-state index contributed by atoms with van der Waals surface area (Å²) >= 11 is 11.2. The lowest BCUT2D eigenvalue weighted by Crippen LogP contribution is -2.04. The highest BCUT2D eigenvalue weighted by molar-refractivity contribution is 6.64. The zero-order valence-electron chi connectivity index (χ0n) is 11.9. The maximum absolute atomic E-state index is 11.0. The van der Waals surface area contributed by atoms with Crippen molar-refractivity contribution in [1.29, 1.82) is 0 Å². The van der Waals surface area contributed by atoms with Crippen LogP contribution in [-0.4, -0.2) is 16.3 Å². The van der Waals surface area contributed by atoms with Gasteiger partial charge in [0.1, 0.15) is 0 Å². The monoisotopic (exact) mass is 318 g/mol. The normalized spacial score (nSPS) is 11.5. The molecule has 1 aromatic rings. The zero-order valence-corrected chi connectivity index (χ0v) is 13.4. The van der Waals surface area contributed by atoms with Crippen molar-refractivity contribution in [3.8, 4) is 0 Å². The zero-order chi connectivity index (χ0) is 15.7. The average Bonchev–Trinajstić information content (AvgIpc) is 2.31. The summed E-state index contributed by atoms with van der Waals surface area (Å²) in [5, 5.41) is 8.44. The van der Waals surface area contributed by atoms with E-state index in [9.17, 15) is 9.59 Å². The molecule has 0 radical (unpaired) electrons. The molecule has 0 bridgehead atoms. The van der Waals surface area contributed by atoms with Crippen LogP contribution in [0.4, 0.5) is 0 Å². The van der Waals surface area contributed by atoms with E-state index in [2.05, 4.69) is 0 Å². The lowest BCUT2D eigenvalue weighted by molar-refractivity contribution is -0.137. The van der Waals surface area contributed by atoms with E-state index >= 15 is 0 Å². The van der Waals surface area contributed by atoms with Gasteiger partial charge in [0.2, 0.25) is 5.24 Å². The lowest BCUT2D eigenvalue weighted by atomic mass is 9.98. The molecule has 0 aliphatic heterocycles. The van der Waals surface area contributed by atoms with Crippen molar-refractivity contribution in [2.24, 2.45) is 5.92 Å². The third-order valence-electron chi connectivity index (χ3n) is 2.54. The second-order valence-electron chi connectivity index (χ2n) is 4.81. The first-order valence-corrected chi connectivity index (χ1v) is 7.20. The number of carboxylic acids is 1. The number of rotatable bonds is 5. The molecule has 0 aliphatic rings. The minimum Gasteiger partial charge on any atom is -0.481 e. The predicted molar refractivity (Wildman–Crippen MR) is 82.4 cm³/mol. The smallest absolute Gasteiger partial charge is 0.303 e. The Balaban J connectivity index is 0.000000441. The quantitative estimate of drug-likeness (QED) is 0.799. The summed E-state index contributed by atoms with van der Waals surface area (Å²) < 4.78 is 0. The fraction of sp³-hybridized carbons (Fsp3) is 0.467. The van der Waals surface area contributed by atoms with Gasteiger partial charge >= 0.3 is 5.97 Å². The summed E-state index contributed by atoms with van der Waals surface area (Å²) in [4.78, 5) is 20.8. The minimum atomic E-state index is -0.713. The van der Waals surface area contributed by atoms with Gasteiger partial charge in [-0.2, -0.15) is 0 Å². The number of carbonyl (C=O) groups excluding carboxylic acids is 1. The Hall–Kier alpha value is -1.06. The molecule has 0 aromatic heterocycles. The van der Waals surface area contributed by atoms with Gasteiger partial charge in [0.15, 0.2) is 0 Å². The van der Waals surface area contributed by atoms with Crippen LogP contribution in [0, 0.1) is 5.92 Å². The number of hydrogen-bond acceptors (Lipinski definition) is 2. The molecule has 1 unspecified atom stereocenters. The minimum absolute atomic E-state index is 0.209. The fourth-order valence-electron chi connectivity index (χ4n) is 1.57. The van der Waals surface area contributed by atoms with Gasteiger partial charge in [0.05, 0.1) is 5.92 Å². The Labute approximate surface area is 129 Å². The van der Waals surface area contributed by atoms with Gasteiger partial charge in [-0.15, -0.1) is 0 Å². The van der Waals surface area contributed by atoms with E-state index in [1.54, 1.807) is 12.1 Å². The molecule has 1 atom stereocenters. The van der Waals surface area contributed by atoms with Crippen molar-refractivity contribution < 1.29 is 14.7 Å². The van der Waals surface area contributed by atoms with Crippen LogP contribution in [-0.2, 0) is 9.59 Å². The number of halogens is 2. The second-order valence-corrected chi connectivity index (χ2v) is 5.62. The number of benzene rings is 1. The molecule has 20 heavy (non-hydrogen) atoms. The van der Waals surface area contributed by atoms with Crippen LogP contribution >= 0.6 is 23.2 Å². The standard InChI is InChI=1S/C10H10Cl2O.C5H10O2/c1-2-9(10(12)13)7-3-5-8(11)6-4-7;1-4(2)3-5(6)7/h3-6,9H,2H2,1H3;4H,3H2,1-2H3,(H,6,7). The van der Waals surface area contributed by atoms with Gasteiger partial charge in [0.25, 0.3) is 0 Å². The fourth-order valence-corrected chi connectivity index (χ4v) is 1.98. The summed E-state index contributed by atoms with van der Waals surface area (Å²) in [6.07, 6.45) is 0.990. The number of hydrogen-bond donors (Lipinski definition) is 1. The van der Waals surface area contributed by atoms with Crippen LogP contribution in [0.15, 0.2) is 24.3 Å². The predicted octanol–water partition coefficient (Wildman–Crippen LogP) is 4.72. The number of aliphatic carboxylic acids is 1. The van der Waals surface area contributed by atoms with Crippen LogP contribution in [0.25, 0.3) is 0 Å². The molecule has 0 amide bonds. The molecular formula is C15H20Cl2O3. The summed E-state index contributed by atoms with van der Waals surface area (Å²) in [5.41, 5.74) is 0.923. The molecule has 112 valence electrons. The highest BCUT2D eigenvalue weighted by Crippen LogP contribution is 2.23. The van der Waals surface area contributed by atoms with Crippen molar-refractivity contribution in [3.63, 3.8) is 0 Å². The maximum Gasteiger partial charge on any atom is 0.303 e. The molecule has 0 spiro atoms. The van der Waals surface area contributed by atoms with Crippen molar-refractivity contribution in [1.82, 2.24) is 0 Å².